The van der Waals surface area contributed by atoms with Gasteiger partial charge in [-0.3, -0.25) is 19.3 Å². The van der Waals surface area contributed by atoms with Crippen LogP contribution in [0.15, 0.2) is 41.1 Å². The van der Waals surface area contributed by atoms with Crippen LogP contribution in [0.5, 0.6) is 0 Å². The fourth-order valence-electron chi connectivity index (χ4n) is 4.08. The first kappa shape index (κ1) is 21.5. The van der Waals surface area contributed by atoms with Gasteiger partial charge in [-0.25, -0.2) is 0 Å². The third-order valence-corrected chi connectivity index (χ3v) is 6.68. The second-order valence-corrected chi connectivity index (χ2v) is 8.96. The van der Waals surface area contributed by atoms with E-state index in [-0.39, 0.29) is 30.1 Å². The highest BCUT2D eigenvalue weighted by molar-refractivity contribution is 7.08. The summed E-state index contributed by atoms with van der Waals surface area (Å²) in [5.41, 5.74) is 2.75. The predicted molar refractivity (Wildman–Crippen MR) is 121 cm³/mol. The van der Waals surface area contributed by atoms with E-state index in [0.717, 1.165) is 36.4 Å². The minimum atomic E-state index is -0.311. The van der Waals surface area contributed by atoms with Crippen LogP contribution in [0.25, 0.3) is 0 Å². The van der Waals surface area contributed by atoms with Crippen LogP contribution >= 0.6 is 11.3 Å². The first-order valence-electron chi connectivity index (χ1n) is 10.7. The van der Waals surface area contributed by atoms with Crippen LogP contribution in [0.1, 0.15) is 22.3 Å². The molecule has 0 saturated carbocycles. The van der Waals surface area contributed by atoms with Gasteiger partial charge in [0.1, 0.15) is 0 Å². The second-order valence-electron chi connectivity index (χ2n) is 8.18. The number of hydrogen-bond acceptors (Lipinski definition) is 5. The maximum Gasteiger partial charge on any atom is 0.254 e. The molecule has 2 aliphatic heterocycles. The standard InChI is InChI=1S/C23H28N4O3S/c1-17-2-4-20(5-3-17)27-15-19(14-21(27)28)22(29)24-7-8-25-9-11-26(12-10-25)23(30)18-6-13-31-16-18/h2-6,13,16,19H,7-12,14-15H2,1H3,(H,24,29). The van der Waals surface area contributed by atoms with Crippen molar-refractivity contribution < 1.29 is 14.4 Å². The Morgan fingerprint density at radius 3 is 2.52 bits per heavy atom. The molecule has 1 unspecified atom stereocenters. The Labute approximate surface area is 186 Å². The summed E-state index contributed by atoms with van der Waals surface area (Å²) >= 11 is 1.53. The normalized spacial score (nSPS) is 19.6. The summed E-state index contributed by atoms with van der Waals surface area (Å²) in [4.78, 5) is 43.2. The van der Waals surface area contributed by atoms with Crippen molar-refractivity contribution in [2.75, 3.05) is 50.7 Å². The van der Waals surface area contributed by atoms with Crippen LogP contribution in [-0.2, 0) is 9.59 Å². The number of rotatable bonds is 6. The molecule has 8 heteroatoms. The zero-order chi connectivity index (χ0) is 21.8. The Balaban J connectivity index is 1.18. The number of carbonyl (C=O) groups excluding carboxylic acids is 3. The molecule has 0 radical (unpaired) electrons. The van der Waals surface area contributed by atoms with E-state index < -0.39 is 0 Å². The molecular formula is C23H28N4O3S. The molecule has 31 heavy (non-hydrogen) atoms. The summed E-state index contributed by atoms with van der Waals surface area (Å²) in [6.07, 6.45) is 0.253. The number of aryl methyl sites for hydroxylation is 1. The monoisotopic (exact) mass is 440 g/mol. The van der Waals surface area contributed by atoms with Crippen molar-refractivity contribution in [3.05, 3.63) is 52.2 Å². The van der Waals surface area contributed by atoms with Crippen molar-refractivity contribution in [3.63, 3.8) is 0 Å². The second kappa shape index (κ2) is 9.62. The van der Waals surface area contributed by atoms with Gasteiger partial charge < -0.3 is 15.1 Å². The van der Waals surface area contributed by atoms with Crippen molar-refractivity contribution in [2.45, 2.75) is 13.3 Å². The minimum absolute atomic E-state index is 0.00425. The maximum absolute atomic E-state index is 12.6. The molecule has 3 heterocycles. The van der Waals surface area contributed by atoms with E-state index in [1.807, 2.05) is 52.9 Å². The Kier molecular flexibility index (Phi) is 6.67. The Morgan fingerprint density at radius 1 is 1.10 bits per heavy atom. The van der Waals surface area contributed by atoms with Gasteiger partial charge in [0.2, 0.25) is 11.8 Å². The number of anilines is 1. The highest BCUT2D eigenvalue weighted by Gasteiger charge is 2.35. The van der Waals surface area contributed by atoms with Crippen molar-refractivity contribution in [1.82, 2.24) is 15.1 Å². The van der Waals surface area contributed by atoms with Crippen LogP contribution in [0, 0.1) is 12.8 Å². The average molecular weight is 441 g/mol. The van der Waals surface area contributed by atoms with E-state index in [0.29, 0.717) is 26.2 Å². The number of piperazine rings is 1. The molecular weight excluding hydrogens is 412 g/mol. The summed E-state index contributed by atoms with van der Waals surface area (Å²) in [6.45, 7) is 6.73. The highest BCUT2D eigenvalue weighted by atomic mass is 32.1. The quantitative estimate of drug-likeness (QED) is 0.746. The van der Waals surface area contributed by atoms with Crippen LogP contribution in [0.2, 0.25) is 0 Å². The zero-order valence-corrected chi connectivity index (χ0v) is 18.6. The molecule has 2 aromatic rings. The number of nitrogens with zero attached hydrogens (tertiary/aromatic N) is 3. The van der Waals surface area contributed by atoms with Gasteiger partial charge in [-0.2, -0.15) is 11.3 Å². The van der Waals surface area contributed by atoms with Gasteiger partial charge in [-0.1, -0.05) is 17.7 Å². The highest BCUT2D eigenvalue weighted by Crippen LogP contribution is 2.25. The summed E-state index contributed by atoms with van der Waals surface area (Å²) in [5.74, 6) is -0.281. The van der Waals surface area contributed by atoms with Crippen molar-refractivity contribution in [3.8, 4) is 0 Å². The number of nitrogens with one attached hydrogen (secondary N) is 1. The lowest BCUT2D eigenvalue weighted by molar-refractivity contribution is -0.126. The molecule has 0 bridgehead atoms. The van der Waals surface area contributed by atoms with E-state index in [1.54, 1.807) is 4.90 Å². The average Bonchev–Trinajstić information content (AvgIpc) is 3.44. The van der Waals surface area contributed by atoms with Gasteiger partial charge >= 0.3 is 0 Å². The molecule has 4 rings (SSSR count). The van der Waals surface area contributed by atoms with E-state index in [4.69, 9.17) is 0 Å². The molecule has 7 nitrogen and oxygen atoms in total. The van der Waals surface area contributed by atoms with Gasteiger partial charge in [-0.15, -0.1) is 0 Å². The SMILES string of the molecule is Cc1ccc(N2CC(C(=O)NCCN3CCN(C(=O)c4ccsc4)CC3)CC2=O)cc1. The Bertz CT molecular complexity index is 921. The summed E-state index contributed by atoms with van der Waals surface area (Å²) in [5, 5.41) is 6.80. The fraction of sp³-hybridized carbons (Fsp3) is 0.435. The molecule has 164 valence electrons. The molecule has 1 aromatic heterocycles. The van der Waals surface area contributed by atoms with E-state index >= 15 is 0 Å². The summed E-state index contributed by atoms with van der Waals surface area (Å²) < 4.78 is 0. The minimum Gasteiger partial charge on any atom is -0.355 e. The molecule has 2 saturated heterocycles. The van der Waals surface area contributed by atoms with Gasteiger partial charge in [0.25, 0.3) is 5.91 Å². The number of hydrogen-bond donors (Lipinski definition) is 1. The molecule has 2 aliphatic rings. The zero-order valence-electron chi connectivity index (χ0n) is 17.8. The van der Waals surface area contributed by atoms with Gasteiger partial charge in [-0.05, 0) is 30.5 Å². The van der Waals surface area contributed by atoms with E-state index in [2.05, 4.69) is 10.2 Å². The molecule has 3 amide bonds. The van der Waals surface area contributed by atoms with Crippen LogP contribution in [-0.4, -0.2) is 73.3 Å². The maximum atomic E-state index is 12.6. The Morgan fingerprint density at radius 2 is 1.84 bits per heavy atom. The smallest absolute Gasteiger partial charge is 0.254 e. The predicted octanol–water partition coefficient (Wildman–Crippen LogP) is 1.98. The molecule has 1 aromatic carbocycles. The molecule has 0 aliphatic carbocycles. The van der Waals surface area contributed by atoms with Crippen molar-refractivity contribution in [2.24, 2.45) is 5.92 Å². The first-order chi connectivity index (χ1) is 15.0. The van der Waals surface area contributed by atoms with Crippen LogP contribution in [0.3, 0.4) is 0 Å². The third kappa shape index (κ3) is 5.14. The lowest BCUT2D eigenvalue weighted by Gasteiger charge is -2.34. The van der Waals surface area contributed by atoms with Gasteiger partial charge in [0.05, 0.1) is 11.5 Å². The largest absolute Gasteiger partial charge is 0.355 e. The van der Waals surface area contributed by atoms with Gasteiger partial charge in [0, 0.05) is 63.3 Å². The molecule has 1 atom stereocenters. The van der Waals surface area contributed by atoms with Gasteiger partial charge in [0.15, 0.2) is 0 Å². The number of benzene rings is 1. The summed E-state index contributed by atoms with van der Waals surface area (Å²) in [7, 11) is 0. The van der Waals surface area contributed by atoms with Crippen molar-refractivity contribution >= 4 is 34.7 Å². The molecule has 0 spiro atoms. The molecule has 2 fully saturated rings. The van der Waals surface area contributed by atoms with Crippen molar-refractivity contribution in [1.29, 1.82) is 0 Å². The molecule has 1 N–H and O–H groups in total. The lowest BCUT2D eigenvalue weighted by Crippen LogP contribution is -2.50. The topological polar surface area (TPSA) is 73.0 Å². The first-order valence-corrected chi connectivity index (χ1v) is 11.6. The lowest BCUT2D eigenvalue weighted by atomic mass is 10.1. The summed E-state index contributed by atoms with van der Waals surface area (Å²) in [6, 6.07) is 9.67. The Hall–Kier alpha value is -2.71. The number of amides is 3. The third-order valence-electron chi connectivity index (χ3n) is 6.00. The number of carbonyl (C=O) groups is 3. The van der Waals surface area contributed by atoms with E-state index in [1.165, 1.54) is 11.3 Å². The number of thiophene rings is 1. The van der Waals surface area contributed by atoms with Crippen LogP contribution in [0.4, 0.5) is 5.69 Å². The van der Waals surface area contributed by atoms with E-state index in [9.17, 15) is 14.4 Å². The fourth-order valence-corrected chi connectivity index (χ4v) is 4.71. The van der Waals surface area contributed by atoms with Crippen LogP contribution < -0.4 is 10.2 Å².